The fourth-order valence-electron chi connectivity index (χ4n) is 4.36. The molecule has 0 saturated carbocycles. The molecule has 26 heavy (non-hydrogen) atoms. The van der Waals surface area contributed by atoms with Gasteiger partial charge in [0.2, 0.25) is 6.71 Å². The van der Waals surface area contributed by atoms with Crippen molar-refractivity contribution >= 4 is 29.0 Å². The molecule has 0 fully saturated rings. The molecule has 1 aliphatic heterocycles. The fourth-order valence-corrected chi connectivity index (χ4v) is 4.36. The third-order valence-corrected chi connectivity index (χ3v) is 5.95. The summed E-state index contributed by atoms with van der Waals surface area (Å²) in [7, 11) is 0. The van der Waals surface area contributed by atoms with E-state index >= 15 is 0 Å². The minimum atomic E-state index is 0.429. The van der Waals surface area contributed by atoms with Crippen molar-refractivity contribution in [3.8, 4) is 0 Å². The largest absolute Gasteiger partial charge is 0.340 e. The van der Waals surface area contributed by atoms with E-state index < -0.39 is 0 Å². The smallest absolute Gasteiger partial charge is 0.216 e. The highest BCUT2D eigenvalue weighted by Crippen LogP contribution is 2.37. The number of hydrogen-bond acceptors (Lipinski definition) is 1. The average Bonchev–Trinajstić information content (AvgIpc) is 2.65. The van der Waals surface area contributed by atoms with Gasteiger partial charge in [-0.1, -0.05) is 78.0 Å². The molecule has 2 unspecified atom stereocenters. The molecule has 130 valence electrons. The van der Waals surface area contributed by atoms with Crippen LogP contribution in [0.1, 0.15) is 25.0 Å². The molecule has 2 atom stereocenters. The first-order valence-corrected chi connectivity index (χ1v) is 9.57. The summed E-state index contributed by atoms with van der Waals surface area (Å²) in [5.74, 6) is 0.521. The molecule has 1 nitrogen and oxygen atoms in total. The molecule has 0 bridgehead atoms. The molecule has 0 radical (unpaired) electrons. The Morgan fingerprint density at radius 2 is 1.42 bits per heavy atom. The molecule has 2 heteroatoms. The van der Waals surface area contributed by atoms with Crippen LogP contribution in [-0.2, 0) is 0 Å². The van der Waals surface area contributed by atoms with Crippen molar-refractivity contribution in [1.29, 1.82) is 0 Å². The van der Waals surface area contributed by atoms with Gasteiger partial charge >= 0.3 is 0 Å². The van der Waals surface area contributed by atoms with Crippen LogP contribution in [0.25, 0.3) is 0 Å². The Morgan fingerprint density at radius 3 is 2.12 bits per heavy atom. The van der Waals surface area contributed by atoms with Crippen LogP contribution in [0.5, 0.6) is 0 Å². The van der Waals surface area contributed by atoms with Gasteiger partial charge in [-0.2, -0.15) is 0 Å². The summed E-state index contributed by atoms with van der Waals surface area (Å²) in [5, 5.41) is 0. The molecule has 0 spiro atoms. The highest BCUT2D eigenvalue weighted by Gasteiger charge is 2.40. The number of para-hydroxylation sites is 1. The van der Waals surface area contributed by atoms with Gasteiger partial charge in [-0.05, 0) is 50.4 Å². The van der Waals surface area contributed by atoms with E-state index in [1.54, 1.807) is 0 Å². The van der Waals surface area contributed by atoms with Crippen molar-refractivity contribution < 1.29 is 0 Å². The molecule has 0 aliphatic carbocycles. The summed E-state index contributed by atoms with van der Waals surface area (Å²) in [6.07, 6.45) is 0. The van der Waals surface area contributed by atoms with Crippen LogP contribution in [0.4, 0.5) is 11.4 Å². The predicted octanol–water partition coefficient (Wildman–Crippen LogP) is 4.84. The lowest BCUT2D eigenvalue weighted by Gasteiger charge is -2.44. The van der Waals surface area contributed by atoms with Gasteiger partial charge in [-0.25, -0.2) is 0 Å². The van der Waals surface area contributed by atoms with Gasteiger partial charge in [0.1, 0.15) is 0 Å². The second-order valence-corrected chi connectivity index (χ2v) is 7.76. The normalized spacial score (nSPS) is 19.4. The van der Waals surface area contributed by atoms with Crippen molar-refractivity contribution in [3.63, 3.8) is 0 Å². The maximum atomic E-state index is 2.53. The maximum Gasteiger partial charge on any atom is 0.216 e. The molecule has 1 heterocycles. The number of nitrogens with zero attached hydrogens (tertiary/aromatic N) is 1. The van der Waals surface area contributed by atoms with Crippen molar-refractivity contribution in [2.75, 3.05) is 4.90 Å². The Bertz CT molecular complexity index is 901. The third kappa shape index (κ3) is 2.84. The molecule has 3 aromatic carbocycles. The lowest BCUT2D eigenvalue weighted by molar-refractivity contribution is 0.671. The van der Waals surface area contributed by atoms with Gasteiger partial charge in [-0.3, -0.25) is 0 Å². The summed E-state index contributed by atoms with van der Waals surface area (Å²) in [5.41, 5.74) is 8.13. The maximum absolute atomic E-state index is 2.53. The molecule has 0 amide bonds. The van der Waals surface area contributed by atoms with E-state index in [1.807, 2.05) is 0 Å². The van der Waals surface area contributed by atoms with Gasteiger partial charge < -0.3 is 4.90 Å². The molecular weight excluding hydrogens is 313 g/mol. The second kappa shape index (κ2) is 6.68. The second-order valence-electron chi connectivity index (χ2n) is 7.76. The number of hydrogen-bond donors (Lipinski definition) is 0. The highest BCUT2D eigenvalue weighted by molar-refractivity contribution is 6.88. The Kier molecular flexibility index (Phi) is 4.36. The molecular formula is C24H26BN. The highest BCUT2D eigenvalue weighted by atomic mass is 15.2. The van der Waals surface area contributed by atoms with Crippen LogP contribution in [-0.4, -0.2) is 12.8 Å². The first-order chi connectivity index (χ1) is 12.6. The zero-order valence-electron chi connectivity index (χ0n) is 16.1. The van der Waals surface area contributed by atoms with Crippen molar-refractivity contribution in [2.24, 2.45) is 0 Å². The molecule has 0 N–H and O–H groups in total. The van der Waals surface area contributed by atoms with Gasteiger partial charge in [0.05, 0.1) is 0 Å². The van der Waals surface area contributed by atoms with Crippen molar-refractivity contribution in [1.82, 2.24) is 0 Å². The van der Waals surface area contributed by atoms with Crippen molar-refractivity contribution in [3.05, 3.63) is 83.9 Å². The van der Waals surface area contributed by atoms with E-state index in [2.05, 4.69) is 105 Å². The summed E-state index contributed by atoms with van der Waals surface area (Å²) in [6, 6.07) is 27.3. The average molecular weight is 339 g/mol. The summed E-state index contributed by atoms with van der Waals surface area (Å²) >= 11 is 0. The molecule has 0 aromatic heterocycles. The topological polar surface area (TPSA) is 3.24 Å². The van der Waals surface area contributed by atoms with Crippen LogP contribution < -0.4 is 15.8 Å². The van der Waals surface area contributed by atoms with E-state index in [9.17, 15) is 0 Å². The molecule has 3 aromatic rings. The zero-order valence-corrected chi connectivity index (χ0v) is 16.1. The molecule has 1 aliphatic rings. The first kappa shape index (κ1) is 17.0. The quantitative estimate of drug-likeness (QED) is 0.604. The summed E-state index contributed by atoms with van der Waals surface area (Å²) in [4.78, 5) is 2.53. The minimum absolute atomic E-state index is 0.429. The van der Waals surface area contributed by atoms with Crippen molar-refractivity contribution in [2.45, 2.75) is 39.6 Å². The SMILES string of the molecule is Cc1ccc(B2c3ccc(C)cc3N(c3ccccc3)C(C)C2C)cc1. The molecule has 0 saturated heterocycles. The lowest BCUT2D eigenvalue weighted by Crippen LogP contribution is -2.57. The van der Waals surface area contributed by atoms with E-state index in [0.717, 1.165) is 0 Å². The Labute approximate surface area is 157 Å². The van der Waals surface area contributed by atoms with Crippen LogP contribution in [0.15, 0.2) is 72.8 Å². The van der Waals surface area contributed by atoms with Crippen LogP contribution in [0, 0.1) is 13.8 Å². The van der Waals surface area contributed by atoms with Gasteiger partial charge in [0, 0.05) is 17.4 Å². The number of benzene rings is 3. The van der Waals surface area contributed by atoms with E-state index in [4.69, 9.17) is 0 Å². The van der Waals surface area contributed by atoms with E-state index in [0.29, 0.717) is 18.6 Å². The van der Waals surface area contributed by atoms with E-state index in [-0.39, 0.29) is 0 Å². The summed E-state index contributed by atoms with van der Waals surface area (Å²) in [6.45, 7) is 9.54. The fraction of sp³-hybridized carbons (Fsp3) is 0.250. The van der Waals surface area contributed by atoms with Gasteiger partial charge in [0.15, 0.2) is 0 Å². The Hall–Kier alpha value is -2.48. The van der Waals surface area contributed by atoms with Crippen LogP contribution >= 0.6 is 0 Å². The van der Waals surface area contributed by atoms with E-state index in [1.165, 1.54) is 33.4 Å². The monoisotopic (exact) mass is 339 g/mol. The zero-order chi connectivity index (χ0) is 18.3. The minimum Gasteiger partial charge on any atom is -0.340 e. The van der Waals surface area contributed by atoms with Gasteiger partial charge in [-0.15, -0.1) is 0 Å². The molecule has 4 rings (SSSR count). The number of anilines is 2. The standard InChI is InChI=1S/C24H26BN/c1-17-10-13-21(14-11-17)25-19(3)20(4)26(22-8-6-5-7-9-22)24-16-18(2)12-15-23(24)25/h5-16,19-20H,1-4H3. The van der Waals surface area contributed by atoms with Gasteiger partial charge in [0.25, 0.3) is 0 Å². The lowest BCUT2D eigenvalue weighted by atomic mass is 9.31. The number of rotatable bonds is 2. The Morgan fingerprint density at radius 1 is 0.769 bits per heavy atom. The first-order valence-electron chi connectivity index (χ1n) is 9.57. The Balaban J connectivity index is 1.90. The summed E-state index contributed by atoms with van der Waals surface area (Å²) < 4.78 is 0. The third-order valence-electron chi connectivity index (χ3n) is 5.95. The van der Waals surface area contributed by atoms with Crippen LogP contribution in [0.2, 0.25) is 5.82 Å². The number of fused-ring (bicyclic) bond motifs is 1. The predicted molar refractivity (Wildman–Crippen MR) is 115 cm³/mol. The van der Waals surface area contributed by atoms with Crippen LogP contribution in [0.3, 0.4) is 0 Å². The number of aryl methyl sites for hydroxylation is 2.